The van der Waals surface area contributed by atoms with Gasteiger partial charge in [0.05, 0.1) is 0 Å². The number of hydrogen-bond acceptors (Lipinski definition) is 3. The van der Waals surface area contributed by atoms with Crippen molar-refractivity contribution in [3.05, 3.63) is 71.3 Å². The lowest BCUT2D eigenvalue weighted by atomic mass is 10.1. The molecule has 0 aliphatic carbocycles. The number of rotatable bonds is 7. The highest BCUT2D eigenvalue weighted by molar-refractivity contribution is 5.99. The summed E-state index contributed by atoms with van der Waals surface area (Å²) in [5, 5.41) is 0. The predicted octanol–water partition coefficient (Wildman–Crippen LogP) is 2.80. The van der Waals surface area contributed by atoms with Gasteiger partial charge in [0.15, 0.2) is 0 Å². The molecular weight excluding hydrogens is 350 g/mol. The summed E-state index contributed by atoms with van der Waals surface area (Å²) in [6.07, 6.45) is 0.731. The lowest BCUT2D eigenvalue weighted by Crippen LogP contribution is -2.32. The summed E-state index contributed by atoms with van der Waals surface area (Å²) in [5.41, 5.74) is 7.70. The van der Waals surface area contributed by atoms with Crippen molar-refractivity contribution in [2.75, 3.05) is 27.2 Å². The number of amides is 2. The first-order valence-electron chi connectivity index (χ1n) is 8.38. The van der Waals surface area contributed by atoms with Crippen LogP contribution < -0.4 is 5.73 Å². The molecule has 0 aliphatic heterocycles. The number of carbonyl (C=O) groups is 2. The fourth-order valence-electron chi connectivity index (χ4n) is 2.56. The highest BCUT2D eigenvalue weighted by atomic mass is 35.5. The average Bonchev–Trinajstić information content (AvgIpc) is 2.64. The van der Waals surface area contributed by atoms with E-state index >= 15 is 0 Å². The Morgan fingerprint density at radius 3 is 2.12 bits per heavy atom. The molecule has 0 bridgehead atoms. The molecule has 0 aromatic heterocycles. The second-order valence-electron chi connectivity index (χ2n) is 6.13. The molecule has 2 amide bonds. The Kier molecular flexibility index (Phi) is 8.82. The summed E-state index contributed by atoms with van der Waals surface area (Å²) in [4.78, 5) is 28.4. The number of benzene rings is 2. The van der Waals surface area contributed by atoms with Gasteiger partial charge in [-0.15, -0.1) is 12.4 Å². The first-order chi connectivity index (χ1) is 12.0. The summed E-state index contributed by atoms with van der Waals surface area (Å²) in [6, 6.07) is 16.7. The van der Waals surface area contributed by atoms with Crippen molar-refractivity contribution in [1.29, 1.82) is 0 Å². The van der Waals surface area contributed by atoms with Gasteiger partial charge in [0, 0.05) is 38.3 Å². The van der Waals surface area contributed by atoms with E-state index in [1.807, 2.05) is 30.3 Å². The number of carbonyl (C=O) groups excluding carboxylic acids is 2. The van der Waals surface area contributed by atoms with Gasteiger partial charge >= 0.3 is 0 Å². The van der Waals surface area contributed by atoms with E-state index in [-0.39, 0.29) is 24.2 Å². The highest BCUT2D eigenvalue weighted by Crippen LogP contribution is 2.13. The summed E-state index contributed by atoms with van der Waals surface area (Å²) in [6.45, 7) is 1.62. The maximum Gasteiger partial charge on any atom is 0.254 e. The number of hydrogen-bond donors (Lipinski definition) is 1. The van der Waals surface area contributed by atoms with Crippen molar-refractivity contribution in [3.8, 4) is 0 Å². The summed E-state index contributed by atoms with van der Waals surface area (Å²) < 4.78 is 0. The molecule has 140 valence electrons. The maximum absolute atomic E-state index is 13.0. The van der Waals surface area contributed by atoms with E-state index in [1.54, 1.807) is 43.3 Å². The standard InChI is InChI=1S/C20H25N3O2.ClH/c1-22(2)19(24)17-10-6-11-18(14-17)20(25)23(13-7-12-21)15-16-8-4-3-5-9-16;/h3-6,8-11,14H,7,12-13,15,21H2,1-2H3;1H. The molecule has 2 rings (SSSR count). The molecular formula is C20H26ClN3O2. The van der Waals surface area contributed by atoms with Crippen LogP contribution in [0.2, 0.25) is 0 Å². The first kappa shape index (κ1) is 21.7. The third-order valence-corrected chi connectivity index (χ3v) is 3.90. The van der Waals surface area contributed by atoms with Crippen LogP contribution in [-0.4, -0.2) is 48.8 Å². The van der Waals surface area contributed by atoms with Crippen LogP contribution in [0.3, 0.4) is 0 Å². The molecule has 2 aromatic carbocycles. The Bertz CT molecular complexity index is 720. The molecule has 26 heavy (non-hydrogen) atoms. The molecule has 0 saturated heterocycles. The van der Waals surface area contributed by atoms with Gasteiger partial charge in [0.25, 0.3) is 11.8 Å². The molecule has 6 heteroatoms. The zero-order chi connectivity index (χ0) is 18.2. The fourth-order valence-corrected chi connectivity index (χ4v) is 2.56. The van der Waals surface area contributed by atoms with Crippen molar-refractivity contribution >= 4 is 24.2 Å². The molecule has 5 nitrogen and oxygen atoms in total. The third-order valence-electron chi connectivity index (χ3n) is 3.90. The molecule has 2 aromatic rings. The number of halogens is 1. The van der Waals surface area contributed by atoms with E-state index in [9.17, 15) is 9.59 Å². The molecule has 0 radical (unpaired) electrons. The normalized spacial score (nSPS) is 9.96. The van der Waals surface area contributed by atoms with Crippen molar-refractivity contribution in [2.45, 2.75) is 13.0 Å². The zero-order valence-electron chi connectivity index (χ0n) is 15.2. The fraction of sp³-hybridized carbons (Fsp3) is 0.300. The highest BCUT2D eigenvalue weighted by Gasteiger charge is 2.18. The Morgan fingerprint density at radius 2 is 1.54 bits per heavy atom. The van der Waals surface area contributed by atoms with Crippen LogP contribution in [0.15, 0.2) is 54.6 Å². The van der Waals surface area contributed by atoms with E-state index in [1.165, 1.54) is 4.90 Å². The second kappa shape index (κ2) is 10.6. The van der Waals surface area contributed by atoms with Crippen LogP contribution in [0.25, 0.3) is 0 Å². The molecule has 0 unspecified atom stereocenters. The minimum absolute atomic E-state index is 0. The third kappa shape index (κ3) is 5.86. The topological polar surface area (TPSA) is 66.6 Å². The van der Waals surface area contributed by atoms with Crippen molar-refractivity contribution in [1.82, 2.24) is 9.80 Å². The van der Waals surface area contributed by atoms with Gasteiger partial charge in [-0.2, -0.15) is 0 Å². The van der Waals surface area contributed by atoms with E-state index < -0.39 is 0 Å². The number of nitrogens with zero attached hydrogens (tertiary/aromatic N) is 2. The van der Waals surface area contributed by atoms with Crippen molar-refractivity contribution in [2.24, 2.45) is 5.73 Å². The largest absolute Gasteiger partial charge is 0.345 e. The zero-order valence-corrected chi connectivity index (χ0v) is 16.0. The minimum Gasteiger partial charge on any atom is -0.345 e. The van der Waals surface area contributed by atoms with Gasteiger partial charge in [-0.3, -0.25) is 9.59 Å². The second-order valence-corrected chi connectivity index (χ2v) is 6.13. The van der Waals surface area contributed by atoms with E-state index in [2.05, 4.69) is 0 Å². The van der Waals surface area contributed by atoms with Gasteiger partial charge in [0.2, 0.25) is 0 Å². The molecule has 0 saturated carbocycles. The number of nitrogens with two attached hydrogens (primary N) is 1. The quantitative estimate of drug-likeness (QED) is 0.809. The Hall–Kier alpha value is -2.37. The average molecular weight is 376 g/mol. The Morgan fingerprint density at radius 1 is 0.923 bits per heavy atom. The lowest BCUT2D eigenvalue weighted by Gasteiger charge is -2.23. The monoisotopic (exact) mass is 375 g/mol. The maximum atomic E-state index is 13.0. The van der Waals surface area contributed by atoms with Crippen molar-refractivity contribution in [3.63, 3.8) is 0 Å². The lowest BCUT2D eigenvalue weighted by molar-refractivity contribution is 0.0742. The van der Waals surface area contributed by atoms with Crippen LogP contribution in [0.5, 0.6) is 0 Å². The van der Waals surface area contributed by atoms with Crippen LogP contribution in [-0.2, 0) is 6.54 Å². The summed E-state index contributed by atoms with van der Waals surface area (Å²) >= 11 is 0. The van der Waals surface area contributed by atoms with Crippen LogP contribution in [0.4, 0.5) is 0 Å². The molecule has 0 spiro atoms. The Labute approximate surface area is 161 Å². The molecule has 0 heterocycles. The van der Waals surface area contributed by atoms with E-state index in [0.29, 0.717) is 30.8 Å². The van der Waals surface area contributed by atoms with Gasteiger partial charge in [0.1, 0.15) is 0 Å². The predicted molar refractivity (Wildman–Crippen MR) is 107 cm³/mol. The van der Waals surface area contributed by atoms with E-state index in [0.717, 1.165) is 12.0 Å². The molecule has 0 fully saturated rings. The SMILES string of the molecule is CN(C)C(=O)c1cccc(C(=O)N(CCCN)Cc2ccccc2)c1.Cl. The van der Waals surface area contributed by atoms with Gasteiger partial charge in [-0.25, -0.2) is 0 Å². The summed E-state index contributed by atoms with van der Waals surface area (Å²) in [5.74, 6) is -0.211. The molecule has 0 atom stereocenters. The molecule has 2 N–H and O–H groups in total. The van der Waals surface area contributed by atoms with E-state index in [4.69, 9.17) is 5.73 Å². The smallest absolute Gasteiger partial charge is 0.254 e. The van der Waals surface area contributed by atoms with Crippen molar-refractivity contribution < 1.29 is 9.59 Å². The van der Waals surface area contributed by atoms with Crippen LogP contribution in [0.1, 0.15) is 32.7 Å². The van der Waals surface area contributed by atoms with Gasteiger partial charge < -0.3 is 15.5 Å². The first-order valence-corrected chi connectivity index (χ1v) is 8.38. The Balaban J connectivity index is 0.00000338. The molecule has 0 aliphatic rings. The van der Waals surface area contributed by atoms with Crippen LogP contribution >= 0.6 is 12.4 Å². The summed E-state index contributed by atoms with van der Waals surface area (Å²) in [7, 11) is 3.39. The van der Waals surface area contributed by atoms with Crippen LogP contribution in [0, 0.1) is 0 Å². The minimum atomic E-state index is -0.119. The van der Waals surface area contributed by atoms with Gasteiger partial charge in [-0.1, -0.05) is 36.4 Å². The van der Waals surface area contributed by atoms with Gasteiger partial charge in [-0.05, 0) is 36.7 Å².